The average Bonchev–Trinajstić information content (AvgIpc) is 2.46. The molecule has 20 heavy (non-hydrogen) atoms. The Hall–Kier alpha value is -1.69. The molecular weight excluding hydrogens is 340 g/mol. The van der Waals surface area contributed by atoms with E-state index in [-0.39, 0.29) is 0 Å². The van der Waals surface area contributed by atoms with Crippen LogP contribution in [0, 0.1) is 0 Å². The van der Waals surface area contributed by atoms with Gasteiger partial charge in [0, 0.05) is 15.4 Å². The van der Waals surface area contributed by atoms with Gasteiger partial charge in [-0.1, -0.05) is 39.7 Å². The van der Waals surface area contributed by atoms with E-state index in [9.17, 15) is 0 Å². The van der Waals surface area contributed by atoms with E-state index < -0.39 is 0 Å². The fraction of sp³-hybridized carbons (Fsp3) is 0. The van der Waals surface area contributed by atoms with E-state index in [0.717, 1.165) is 20.9 Å². The van der Waals surface area contributed by atoms with Gasteiger partial charge in [0.2, 0.25) is 0 Å². The lowest BCUT2D eigenvalue weighted by Gasteiger charge is -2.09. The standard InChI is InChI=1S/C14H10BrClN4/c15-8-5-6-9(11(16)7-8)13-18-12-4-2-1-3-10(12)14(19-13)20-17/h1-7H,17H2,(H,18,19,20). The third-order valence-corrected chi connectivity index (χ3v) is 3.72. The summed E-state index contributed by atoms with van der Waals surface area (Å²) in [6.45, 7) is 0. The van der Waals surface area contributed by atoms with Crippen LogP contribution in [0.15, 0.2) is 46.9 Å². The van der Waals surface area contributed by atoms with Gasteiger partial charge in [0.05, 0.1) is 10.5 Å². The molecule has 0 radical (unpaired) electrons. The zero-order valence-electron chi connectivity index (χ0n) is 10.3. The number of nitrogens with one attached hydrogen (secondary N) is 1. The summed E-state index contributed by atoms with van der Waals surface area (Å²) in [5.74, 6) is 6.65. The normalized spacial score (nSPS) is 10.8. The van der Waals surface area contributed by atoms with Crippen LogP contribution < -0.4 is 11.3 Å². The number of benzene rings is 2. The fourth-order valence-corrected chi connectivity index (χ4v) is 2.74. The van der Waals surface area contributed by atoms with Crippen molar-refractivity contribution in [3.63, 3.8) is 0 Å². The summed E-state index contributed by atoms with van der Waals surface area (Å²) in [4.78, 5) is 8.97. The van der Waals surface area contributed by atoms with Crippen LogP contribution in [-0.4, -0.2) is 9.97 Å². The second kappa shape index (κ2) is 5.36. The Morgan fingerprint density at radius 2 is 1.90 bits per heavy atom. The number of halogens is 2. The zero-order chi connectivity index (χ0) is 14.1. The molecule has 0 aliphatic carbocycles. The van der Waals surface area contributed by atoms with Crippen molar-refractivity contribution < 1.29 is 0 Å². The molecular formula is C14H10BrClN4. The summed E-state index contributed by atoms with van der Waals surface area (Å²) in [5, 5.41) is 1.45. The second-order valence-electron chi connectivity index (χ2n) is 4.18. The molecule has 0 saturated carbocycles. The lowest BCUT2D eigenvalue weighted by atomic mass is 10.2. The van der Waals surface area contributed by atoms with Gasteiger partial charge in [-0.25, -0.2) is 15.8 Å². The topological polar surface area (TPSA) is 63.8 Å². The lowest BCUT2D eigenvalue weighted by Crippen LogP contribution is -2.10. The Morgan fingerprint density at radius 1 is 1.10 bits per heavy atom. The molecule has 3 aromatic rings. The van der Waals surface area contributed by atoms with Crippen LogP contribution >= 0.6 is 27.5 Å². The minimum Gasteiger partial charge on any atom is -0.308 e. The van der Waals surface area contributed by atoms with Gasteiger partial charge in [-0.15, -0.1) is 0 Å². The molecule has 1 heterocycles. The maximum Gasteiger partial charge on any atom is 0.163 e. The third kappa shape index (κ3) is 2.35. The van der Waals surface area contributed by atoms with Crippen LogP contribution in [-0.2, 0) is 0 Å². The highest BCUT2D eigenvalue weighted by Gasteiger charge is 2.11. The van der Waals surface area contributed by atoms with Crippen LogP contribution in [0.5, 0.6) is 0 Å². The van der Waals surface area contributed by atoms with Crippen molar-refractivity contribution >= 4 is 44.3 Å². The number of nitrogens with zero attached hydrogens (tertiary/aromatic N) is 2. The molecule has 4 nitrogen and oxygen atoms in total. The van der Waals surface area contributed by atoms with Gasteiger partial charge in [-0.3, -0.25) is 0 Å². The van der Waals surface area contributed by atoms with Gasteiger partial charge in [0.15, 0.2) is 11.6 Å². The van der Waals surface area contributed by atoms with Gasteiger partial charge in [-0.05, 0) is 30.3 Å². The smallest absolute Gasteiger partial charge is 0.163 e. The lowest BCUT2D eigenvalue weighted by molar-refractivity contribution is 1.19. The first kappa shape index (κ1) is 13.3. The predicted molar refractivity (Wildman–Crippen MR) is 85.5 cm³/mol. The van der Waals surface area contributed by atoms with Crippen LogP contribution in [0.3, 0.4) is 0 Å². The Balaban J connectivity index is 2.26. The van der Waals surface area contributed by atoms with Gasteiger partial charge >= 0.3 is 0 Å². The average molecular weight is 350 g/mol. The molecule has 1 aromatic heterocycles. The molecule has 0 unspecified atom stereocenters. The number of hydrazine groups is 1. The predicted octanol–water partition coefficient (Wildman–Crippen LogP) is 4.00. The number of aromatic nitrogens is 2. The number of nitrogen functional groups attached to an aromatic ring is 1. The zero-order valence-corrected chi connectivity index (χ0v) is 12.6. The summed E-state index contributed by atoms with van der Waals surface area (Å²) < 4.78 is 0.907. The van der Waals surface area contributed by atoms with Crippen LogP contribution in [0.4, 0.5) is 5.82 Å². The number of para-hydroxylation sites is 1. The number of nitrogens with two attached hydrogens (primary N) is 1. The van der Waals surface area contributed by atoms with Gasteiger partial charge < -0.3 is 5.43 Å². The van der Waals surface area contributed by atoms with Crippen molar-refractivity contribution in [3.05, 3.63) is 52.0 Å². The van der Waals surface area contributed by atoms with Crippen molar-refractivity contribution in [1.82, 2.24) is 9.97 Å². The molecule has 3 rings (SSSR count). The molecule has 6 heteroatoms. The van der Waals surface area contributed by atoms with Crippen LogP contribution in [0.25, 0.3) is 22.3 Å². The first-order valence-corrected chi connectivity index (χ1v) is 7.05. The Bertz CT molecular complexity index is 791. The minimum atomic E-state index is 0.536. The van der Waals surface area contributed by atoms with Gasteiger partial charge in [0.1, 0.15) is 0 Å². The molecule has 0 aliphatic rings. The van der Waals surface area contributed by atoms with Crippen molar-refractivity contribution in [1.29, 1.82) is 0 Å². The molecule has 2 aromatic carbocycles. The molecule has 0 bridgehead atoms. The monoisotopic (exact) mass is 348 g/mol. The summed E-state index contributed by atoms with van der Waals surface area (Å²) in [7, 11) is 0. The maximum atomic E-state index is 6.25. The fourth-order valence-electron chi connectivity index (χ4n) is 1.98. The first-order valence-electron chi connectivity index (χ1n) is 5.88. The van der Waals surface area contributed by atoms with E-state index in [0.29, 0.717) is 16.7 Å². The molecule has 3 N–H and O–H groups in total. The molecule has 0 atom stereocenters. The Kier molecular flexibility index (Phi) is 3.56. The van der Waals surface area contributed by atoms with E-state index in [4.69, 9.17) is 17.4 Å². The van der Waals surface area contributed by atoms with Crippen molar-refractivity contribution in [2.24, 2.45) is 5.84 Å². The van der Waals surface area contributed by atoms with E-state index in [1.165, 1.54) is 0 Å². The molecule has 0 saturated heterocycles. The quantitative estimate of drug-likeness (QED) is 0.542. The number of hydrogen-bond donors (Lipinski definition) is 2. The molecule has 100 valence electrons. The highest BCUT2D eigenvalue weighted by molar-refractivity contribution is 9.10. The van der Waals surface area contributed by atoms with Crippen LogP contribution in [0.1, 0.15) is 0 Å². The molecule has 0 aliphatic heterocycles. The number of hydrogen-bond acceptors (Lipinski definition) is 4. The number of fused-ring (bicyclic) bond motifs is 1. The van der Waals surface area contributed by atoms with Gasteiger partial charge in [0.25, 0.3) is 0 Å². The minimum absolute atomic E-state index is 0.536. The van der Waals surface area contributed by atoms with Gasteiger partial charge in [-0.2, -0.15) is 0 Å². The molecule has 0 amide bonds. The summed E-state index contributed by atoms with van der Waals surface area (Å²) in [6, 6.07) is 13.2. The second-order valence-corrected chi connectivity index (χ2v) is 5.50. The van der Waals surface area contributed by atoms with E-state index >= 15 is 0 Å². The number of anilines is 1. The third-order valence-electron chi connectivity index (χ3n) is 2.91. The Labute approximate surface area is 129 Å². The van der Waals surface area contributed by atoms with Crippen LogP contribution in [0.2, 0.25) is 5.02 Å². The number of rotatable bonds is 2. The van der Waals surface area contributed by atoms with E-state index in [2.05, 4.69) is 31.3 Å². The van der Waals surface area contributed by atoms with Crippen molar-refractivity contribution in [2.45, 2.75) is 0 Å². The summed E-state index contributed by atoms with van der Waals surface area (Å²) >= 11 is 9.63. The SMILES string of the molecule is NNc1nc(-c2ccc(Br)cc2Cl)nc2ccccc12. The largest absolute Gasteiger partial charge is 0.308 e. The molecule has 0 fully saturated rings. The maximum absolute atomic E-state index is 6.25. The first-order chi connectivity index (χ1) is 9.69. The van der Waals surface area contributed by atoms with E-state index in [1.807, 2.05) is 42.5 Å². The summed E-state index contributed by atoms with van der Waals surface area (Å²) in [6.07, 6.45) is 0. The van der Waals surface area contributed by atoms with Crippen molar-refractivity contribution in [3.8, 4) is 11.4 Å². The van der Waals surface area contributed by atoms with Crippen molar-refractivity contribution in [2.75, 3.05) is 5.43 Å². The molecule has 0 spiro atoms. The highest BCUT2D eigenvalue weighted by atomic mass is 79.9. The summed E-state index contributed by atoms with van der Waals surface area (Å²) in [5.41, 5.74) is 4.18. The highest BCUT2D eigenvalue weighted by Crippen LogP contribution is 2.30. The van der Waals surface area contributed by atoms with E-state index in [1.54, 1.807) is 0 Å². The Morgan fingerprint density at radius 3 is 2.65 bits per heavy atom.